The molecule has 208 valence electrons. The lowest BCUT2D eigenvalue weighted by molar-refractivity contribution is -0.145. The van der Waals surface area contributed by atoms with Crippen molar-refractivity contribution in [3.63, 3.8) is 0 Å². The zero-order chi connectivity index (χ0) is 29.0. The van der Waals surface area contributed by atoms with Crippen molar-refractivity contribution in [1.82, 2.24) is 5.32 Å². The first-order chi connectivity index (χ1) is 18.8. The fourth-order valence-corrected chi connectivity index (χ4v) is 5.61. The molecule has 2 amide bonds. The molecule has 5 rings (SSSR count). The lowest BCUT2D eigenvalue weighted by Gasteiger charge is -2.36. The van der Waals surface area contributed by atoms with E-state index in [4.69, 9.17) is 4.74 Å². The highest BCUT2D eigenvalue weighted by Gasteiger charge is 2.68. The number of carbonyl (C=O) groups is 3. The molecule has 0 aromatic heterocycles. The maximum absolute atomic E-state index is 14.0. The molecular weight excluding hydrogens is 542 g/mol. The quantitative estimate of drug-likeness (QED) is 0.278. The van der Waals surface area contributed by atoms with Crippen LogP contribution in [0.3, 0.4) is 0 Å². The Kier molecular flexibility index (Phi) is 6.48. The van der Waals surface area contributed by atoms with Crippen LogP contribution < -0.4 is 10.2 Å². The van der Waals surface area contributed by atoms with Crippen LogP contribution in [0.1, 0.15) is 22.3 Å². The molecule has 3 aromatic rings. The van der Waals surface area contributed by atoms with Crippen LogP contribution in [0.15, 0.2) is 78.9 Å². The lowest BCUT2D eigenvalue weighted by Crippen LogP contribution is -2.52. The van der Waals surface area contributed by atoms with E-state index in [9.17, 15) is 40.7 Å². The third-order valence-electron chi connectivity index (χ3n) is 7.36. The molecule has 2 aliphatic heterocycles. The van der Waals surface area contributed by atoms with E-state index in [0.29, 0.717) is 0 Å². The van der Waals surface area contributed by atoms with Gasteiger partial charge in [0, 0.05) is 0 Å². The zero-order valence-electron chi connectivity index (χ0n) is 20.6. The van der Waals surface area contributed by atoms with Gasteiger partial charge in [0.15, 0.2) is 0 Å². The highest BCUT2D eigenvalue weighted by atomic mass is 19.4. The molecule has 0 saturated carbocycles. The van der Waals surface area contributed by atoms with Gasteiger partial charge in [0.25, 0.3) is 0 Å². The lowest BCUT2D eigenvalue weighted by atomic mass is 9.71. The van der Waals surface area contributed by atoms with E-state index in [1.165, 1.54) is 12.1 Å². The molecule has 0 aliphatic carbocycles. The van der Waals surface area contributed by atoms with E-state index < -0.39 is 64.7 Å². The molecule has 0 unspecified atom stereocenters. The van der Waals surface area contributed by atoms with Crippen molar-refractivity contribution in [2.45, 2.75) is 23.9 Å². The predicted octanol–water partition coefficient (Wildman–Crippen LogP) is 4.92. The first-order valence-electron chi connectivity index (χ1n) is 11.9. The van der Waals surface area contributed by atoms with Gasteiger partial charge in [-0.25, -0.2) is 4.90 Å². The van der Waals surface area contributed by atoms with Gasteiger partial charge in [0.1, 0.15) is 6.04 Å². The van der Waals surface area contributed by atoms with Gasteiger partial charge < -0.3 is 4.74 Å². The van der Waals surface area contributed by atoms with Gasteiger partial charge in [-0.3, -0.25) is 19.7 Å². The van der Waals surface area contributed by atoms with E-state index in [-0.39, 0.29) is 16.8 Å². The SMILES string of the molecule is COC(=O)[C@@H]1NC(c2ccc(C(F)(F)F)cc2)(c2ccc(C(F)(F)F)cc2)[C@@H]2C(=O)N(c3ccccc3)C(=O)[C@H]21. The van der Waals surface area contributed by atoms with Crippen LogP contribution in [0.4, 0.5) is 32.0 Å². The molecular formula is C28H20F6N2O4. The Morgan fingerprint density at radius 1 is 0.775 bits per heavy atom. The Labute approximate surface area is 223 Å². The predicted molar refractivity (Wildman–Crippen MR) is 129 cm³/mol. The summed E-state index contributed by atoms with van der Waals surface area (Å²) in [6.45, 7) is 0. The summed E-state index contributed by atoms with van der Waals surface area (Å²) in [7, 11) is 1.06. The molecule has 0 radical (unpaired) electrons. The van der Waals surface area contributed by atoms with Crippen molar-refractivity contribution < 1.29 is 45.5 Å². The average molecular weight is 562 g/mol. The van der Waals surface area contributed by atoms with Gasteiger partial charge in [0.05, 0.1) is 41.3 Å². The van der Waals surface area contributed by atoms with Crippen LogP contribution in [0, 0.1) is 11.8 Å². The number of imide groups is 1. The van der Waals surface area contributed by atoms with Crippen LogP contribution in [0.2, 0.25) is 0 Å². The van der Waals surface area contributed by atoms with Gasteiger partial charge in [-0.2, -0.15) is 26.3 Å². The van der Waals surface area contributed by atoms with Crippen LogP contribution >= 0.6 is 0 Å². The number of nitrogens with zero attached hydrogens (tertiary/aromatic N) is 1. The second kappa shape index (κ2) is 9.47. The molecule has 3 aromatic carbocycles. The standard InChI is InChI=1S/C28H20F6N2O4/c1-40-25(39)22-20-21(24(38)36(23(20)37)19-5-3-2-4-6-19)26(35-22,15-7-11-17(12-8-15)27(29,30)31)16-9-13-18(14-10-16)28(32,33)34/h2-14,20-22,35H,1H3/t20-,21+,22-/m1/s1. The number of hydrogen-bond acceptors (Lipinski definition) is 5. The van der Waals surface area contributed by atoms with Crippen LogP contribution in [0.25, 0.3) is 0 Å². The number of alkyl halides is 6. The summed E-state index contributed by atoms with van der Waals surface area (Å²) in [5.41, 5.74) is -3.59. The molecule has 6 nitrogen and oxygen atoms in total. The molecule has 0 bridgehead atoms. The normalized spacial score (nSPS) is 22.4. The fraction of sp³-hybridized carbons (Fsp3) is 0.250. The Bertz CT molecular complexity index is 1400. The third kappa shape index (κ3) is 4.23. The number of ether oxygens (including phenoxy) is 1. The topological polar surface area (TPSA) is 75.7 Å². The first kappa shape index (κ1) is 27.4. The molecule has 2 heterocycles. The second-order valence-corrected chi connectivity index (χ2v) is 9.45. The van der Waals surface area contributed by atoms with Crippen LogP contribution in [0.5, 0.6) is 0 Å². The zero-order valence-corrected chi connectivity index (χ0v) is 20.6. The minimum absolute atomic E-state index is 0.0396. The van der Waals surface area contributed by atoms with Crippen molar-refractivity contribution in [3.8, 4) is 0 Å². The molecule has 40 heavy (non-hydrogen) atoms. The highest BCUT2D eigenvalue weighted by Crippen LogP contribution is 2.53. The highest BCUT2D eigenvalue weighted by molar-refractivity contribution is 6.24. The summed E-state index contributed by atoms with van der Waals surface area (Å²) in [6, 6.07) is 13.7. The largest absolute Gasteiger partial charge is 0.468 e. The number of rotatable bonds is 4. The van der Waals surface area contributed by atoms with Crippen molar-refractivity contribution in [3.05, 3.63) is 101 Å². The van der Waals surface area contributed by atoms with E-state index in [1.54, 1.807) is 18.2 Å². The number of methoxy groups -OCH3 is 1. The second-order valence-electron chi connectivity index (χ2n) is 9.45. The summed E-state index contributed by atoms with van der Waals surface area (Å²) >= 11 is 0. The minimum atomic E-state index is -4.69. The number of para-hydroxylation sites is 1. The number of halogens is 6. The maximum Gasteiger partial charge on any atom is 0.416 e. The fourth-order valence-electron chi connectivity index (χ4n) is 5.61. The Morgan fingerprint density at radius 2 is 1.25 bits per heavy atom. The summed E-state index contributed by atoms with van der Waals surface area (Å²) < 4.78 is 85.1. The van der Waals surface area contributed by atoms with Gasteiger partial charge in [-0.15, -0.1) is 0 Å². The van der Waals surface area contributed by atoms with Gasteiger partial charge >= 0.3 is 18.3 Å². The molecule has 12 heteroatoms. The van der Waals surface area contributed by atoms with E-state index >= 15 is 0 Å². The van der Waals surface area contributed by atoms with Gasteiger partial charge in [-0.05, 0) is 47.5 Å². The molecule has 2 saturated heterocycles. The molecule has 1 N–H and O–H groups in total. The number of nitrogens with one attached hydrogen (secondary N) is 1. The van der Waals surface area contributed by atoms with Crippen molar-refractivity contribution in [2.24, 2.45) is 11.8 Å². The summed E-state index contributed by atoms with van der Waals surface area (Å²) in [5, 5.41) is 2.93. The molecule has 2 fully saturated rings. The molecule has 3 atom stereocenters. The average Bonchev–Trinajstić information content (AvgIpc) is 3.42. The van der Waals surface area contributed by atoms with Crippen molar-refractivity contribution >= 4 is 23.5 Å². The Hall–Kier alpha value is -4.19. The number of benzene rings is 3. The number of fused-ring (bicyclic) bond motifs is 1. The molecule has 0 spiro atoms. The monoisotopic (exact) mass is 562 g/mol. The summed E-state index contributed by atoms with van der Waals surface area (Å²) in [4.78, 5) is 41.5. The first-order valence-corrected chi connectivity index (χ1v) is 11.9. The number of carbonyl (C=O) groups excluding carboxylic acids is 3. The van der Waals surface area contributed by atoms with Gasteiger partial charge in [-0.1, -0.05) is 42.5 Å². The smallest absolute Gasteiger partial charge is 0.416 e. The van der Waals surface area contributed by atoms with Crippen LogP contribution in [-0.2, 0) is 37.0 Å². The minimum Gasteiger partial charge on any atom is -0.468 e. The van der Waals surface area contributed by atoms with E-state index in [1.807, 2.05) is 0 Å². The maximum atomic E-state index is 14.0. The number of amides is 2. The third-order valence-corrected chi connectivity index (χ3v) is 7.36. The number of hydrogen-bond donors (Lipinski definition) is 1. The van der Waals surface area contributed by atoms with E-state index in [0.717, 1.165) is 60.5 Å². The van der Waals surface area contributed by atoms with E-state index in [2.05, 4.69) is 5.32 Å². The van der Waals surface area contributed by atoms with Gasteiger partial charge in [0.2, 0.25) is 11.8 Å². The Morgan fingerprint density at radius 3 is 1.68 bits per heavy atom. The Balaban J connectivity index is 1.75. The number of esters is 1. The van der Waals surface area contributed by atoms with Crippen molar-refractivity contribution in [2.75, 3.05) is 12.0 Å². The van der Waals surface area contributed by atoms with Crippen LogP contribution in [-0.4, -0.2) is 30.9 Å². The van der Waals surface area contributed by atoms with Crippen molar-refractivity contribution in [1.29, 1.82) is 0 Å². The summed E-state index contributed by atoms with van der Waals surface area (Å²) in [5.74, 6) is -5.25. The summed E-state index contributed by atoms with van der Waals surface area (Å²) in [6.07, 6.45) is -9.38. The number of anilines is 1. The molecule has 2 aliphatic rings.